The van der Waals surface area contributed by atoms with Crippen molar-refractivity contribution < 1.29 is 14.8 Å². The van der Waals surface area contributed by atoms with Crippen LogP contribution in [0.1, 0.15) is 11.1 Å². The molecule has 25 heavy (non-hydrogen) atoms. The van der Waals surface area contributed by atoms with Gasteiger partial charge in [0.15, 0.2) is 10.9 Å². The van der Waals surface area contributed by atoms with Crippen LogP contribution in [0.3, 0.4) is 0 Å². The molecule has 8 nitrogen and oxygen atoms in total. The number of phenols is 1. The summed E-state index contributed by atoms with van der Waals surface area (Å²) in [6.45, 7) is 0.510. The average Bonchev–Trinajstić information content (AvgIpc) is 2.61. The normalized spacial score (nSPS) is 10.4. The van der Waals surface area contributed by atoms with Gasteiger partial charge in [-0.15, -0.1) is 0 Å². The molecule has 0 aromatic heterocycles. The number of phenolic OH excluding ortho intramolecular Hbond substituents is 1. The first kappa shape index (κ1) is 18.1. The van der Waals surface area contributed by atoms with Gasteiger partial charge in [0, 0.05) is 18.2 Å². The number of hydrogen-bond donors (Lipinski definition) is 3. The number of hydrogen-bond acceptors (Lipinski definition) is 6. The Morgan fingerprint density at radius 2 is 2.08 bits per heavy atom. The molecule has 0 heterocycles. The second-order valence-electron chi connectivity index (χ2n) is 4.91. The minimum Gasteiger partial charge on any atom is -0.502 e. The number of ether oxygens (including phenoxy) is 1. The molecule has 0 aliphatic carbocycles. The highest BCUT2D eigenvalue weighted by Gasteiger charge is 2.12. The number of nitro benzene ring substituents is 1. The molecule has 130 valence electrons. The van der Waals surface area contributed by atoms with Crippen LogP contribution in [0.25, 0.3) is 0 Å². The summed E-state index contributed by atoms with van der Waals surface area (Å²) < 4.78 is 5.08. The van der Waals surface area contributed by atoms with Crippen molar-refractivity contribution in [3.63, 3.8) is 0 Å². The third-order valence-corrected chi connectivity index (χ3v) is 3.42. The maximum atomic E-state index is 10.8. The first-order valence-corrected chi connectivity index (χ1v) is 7.57. The van der Waals surface area contributed by atoms with Gasteiger partial charge in [0.05, 0.1) is 18.2 Å². The van der Waals surface area contributed by atoms with Crippen molar-refractivity contribution in [1.82, 2.24) is 10.7 Å². The molecule has 2 rings (SSSR count). The average molecular weight is 360 g/mol. The van der Waals surface area contributed by atoms with Crippen molar-refractivity contribution in [2.24, 2.45) is 5.10 Å². The topological polar surface area (TPSA) is 109 Å². The zero-order valence-electron chi connectivity index (χ0n) is 13.3. The molecule has 0 spiro atoms. The molecule has 0 fully saturated rings. The number of methoxy groups -OCH3 is 1. The zero-order chi connectivity index (χ0) is 18.2. The Balaban J connectivity index is 1.85. The van der Waals surface area contributed by atoms with Gasteiger partial charge >= 0.3 is 5.69 Å². The second-order valence-corrected chi connectivity index (χ2v) is 5.31. The van der Waals surface area contributed by atoms with Gasteiger partial charge in [-0.05, 0) is 42.0 Å². The van der Waals surface area contributed by atoms with E-state index in [1.807, 2.05) is 24.3 Å². The molecule has 2 aromatic carbocycles. The predicted molar refractivity (Wildman–Crippen MR) is 97.9 cm³/mol. The summed E-state index contributed by atoms with van der Waals surface area (Å²) in [5.74, 6) is 0.379. The summed E-state index contributed by atoms with van der Waals surface area (Å²) in [7, 11) is 1.60. The van der Waals surface area contributed by atoms with E-state index < -0.39 is 10.7 Å². The third kappa shape index (κ3) is 5.43. The molecular weight excluding hydrogens is 344 g/mol. The predicted octanol–water partition coefficient (Wildman–Crippen LogP) is 2.31. The fourth-order valence-electron chi connectivity index (χ4n) is 1.90. The molecule has 0 saturated heterocycles. The maximum Gasteiger partial charge on any atom is 0.311 e. The lowest BCUT2D eigenvalue weighted by atomic mass is 10.2. The van der Waals surface area contributed by atoms with Gasteiger partial charge in [0.1, 0.15) is 5.75 Å². The van der Waals surface area contributed by atoms with Crippen LogP contribution < -0.4 is 15.5 Å². The Bertz CT molecular complexity index is 793. The minimum atomic E-state index is -0.666. The number of hydrazone groups is 1. The lowest BCUT2D eigenvalue weighted by Gasteiger charge is -2.07. The van der Waals surface area contributed by atoms with Gasteiger partial charge in [-0.3, -0.25) is 15.5 Å². The summed E-state index contributed by atoms with van der Waals surface area (Å²) in [4.78, 5) is 10.1. The molecule has 0 aliphatic rings. The van der Waals surface area contributed by atoms with Gasteiger partial charge in [-0.1, -0.05) is 12.1 Å². The van der Waals surface area contributed by atoms with Crippen molar-refractivity contribution in [2.75, 3.05) is 7.11 Å². The van der Waals surface area contributed by atoms with E-state index in [9.17, 15) is 15.2 Å². The van der Waals surface area contributed by atoms with Gasteiger partial charge in [-0.2, -0.15) is 5.10 Å². The van der Waals surface area contributed by atoms with Crippen LogP contribution in [0.15, 0.2) is 47.6 Å². The largest absolute Gasteiger partial charge is 0.502 e. The Kier molecular flexibility index (Phi) is 6.24. The molecule has 3 N–H and O–H groups in total. The van der Waals surface area contributed by atoms with E-state index in [0.29, 0.717) is 17.2 Å². The Morgan fingerprint density at radius 1 is 1.36 bits per heavy atom. The van der Waals surface area contributed by atoms with Crippen LogP contribution in [0, 0.1) is 10.1 Å². The molecule has 0 aliphatic heterocycles. The fourth-order valence-corrected chi connectivity index (χ4v) is 2.02. The Morgan fingerprint density at radius 3 is 2.72 bits per heavy atom. The molecular formula is C16H16N4O4S. The van der Waals surface area contributed by atoms with E-state index in [0.717, 1.165) is 11.3 Å². The molecule has 0 saturated carbocycles. The van der Waals surface area contributed by atoms with Crippen LogP contribution >= 0.6 is 12.2 Å². The van der Waals surface area contributed by atoms with Gasteiger partial charge in [0.2, 0.25) is 0 Å². The molecule has 9 heteroatoms. The first-order valence-electron chi connectivity index (χ1n) is 7.17. The highest BCUT2D eigenvalue weighted by Crippen LogP contribution is 2.25. The maximum absolute atomic E-state index is 10.8. The molecule has 2 aromatic rings. The zero-order valence-corrected chi connectivity index (χ0v) is 14.1. The number of thiocarbonyl (C=S) groups is 1. The van der Waals surface area contributed by atoms with E-state index >= 15 is 0 Å². The number of rotatable bonds is 6. The van der Waals surface area contributed by atoms with E-state index in [1.165, 1.54) is 24.4 Å². The van der Waals surface area contributed by atoms with Gasteiger partial charge < -0.3 is 15.2 Å². The Labute approximate surface area is 149 Å². The van der Waals surface area contributed by atoms with Crippen molar-refractivity contribution >= 4 is 29.2 Å². The summed E-state index contributed by atoms with van der Waals surface area (Å²) in [5, 5.41) is 27.3. The van der Waals surface area contributed by atoms with Crippen LogP contribution in [-0.4, -0.2) is 28.5 Å². The van der Waals surface area contributed by atoms with Crippen molar-refractivity contribution in [3.8, 4) is 11.5 Å². The molecule has 0 unspecified atom stereocenters. The summed E-state index contributed by atoms with van der Waals surface area (Å²) in [5.41, 5.74) is 3.71. The molecule has 0 atom stereocenters. The highest BCUT2D eigenvalue weighted by molar-refractivity contribution is 7.80. The third-order valence-electron chi connectivity index (χ3n) is 3.19. The highest BCUT2D eigenvalue weighted by atomic mass is 32.1. The van der Waals surface area contributed by atoms with Crippen molar-refractivity contribution in [2.45, 2.75) is 6.54 Å². The van der Waals surface area contributed by atoms with Gasteiger partial charge in [0.25, 0.3) is 0 Å². The number of nitrogens with zero attached hydrogens (tertiary/aromatic N) is 2. The first-order chi connectivity index (χ1) is 12.0. The smallest absolute Gasteiger partial charge is 0.311 e. The molecule has 0 radical (unpaired) electrons. The van der Waals surface area contributed by atoms with Crippen LogP contribution in [-0.2, 0) is 6.54 Å². The quantitative estimate of drug-likeness (QED) is 0.314. The lowest BCUT2D eigenvalue weighted by Crippen LogP contribution is -2.31. The van der Waals surface area contributed by atoms with E-state index in [-0.39, 0.29) is 5.69 Å². The number of aromatic hydroxyl groups is 1. The van der Waals surface area contributed by atoms with E-state index in [4.69, 9.17) is 17.0 Å². The summed E-state index contributed by atoms with van der Waals surface area (Å²) in [6.07, 6.45) is 1.37. The molecule has 0 bridgehead atoms. The minimum absolute atomic E-state index is 0.306. The lowest BCUT2D eigenvalue weighted by molar-refractivity contribution is -0.385. The standard InChI is InChI=1S/C16H16N4O4S/c1-24-13-5-2-11(3-6-13)9-17-16(25)19-18-10-12-4-7-15(21)14(8-12)20(22)23/h2-8,10,21H,9H2,1H3,(H2,17,19,25)/b18-10-. The second kappa shape index (κ2) is 8.60. The monoisotopic (exact) mass is 360 g/mol. The van der Waals surface area contributed by atoms with Crippen LogP contribution in [0.4, 0.5) is 5.69 Å². The van der Waals surface area contributed by atoms with E-state index in [2.05, 4.69) is 15.8 Å². The van der Waals surface area contributed by atoms with Crippen LogP contribution in [0.2, 0.25) is 0 Å². The number of nitro groups is 1. The fraction of sp³-hybridized carbons (Fsp3) is 0.125. The summed E-state index contributed by atoms with van der Waals surface area (Å²) in [6, 6.07) is 11.5. The van der Waals surface area contributed by atoms with Gasteiger partial charge in [-0.25, -0.2) is 0 Å². The number of nitrogens with one attached hydrogen (secondary N) is 2. The summed E-state index contributed by atoms with van der Waals surface area (Å²) >= 11 is 5.10. The number of benzene rings is 2. The van der Waals surface area contributed by atoms with Crippen molar-refractivity contribution in [3.05, 3.63) is 63.7 Å². The van der Waals surface area contributed by atoms with Crippen LogP contribution in [0.5, 0.6) is 11.5 Å². The SMILES string of the molecule is COc1ccc(CNC(=S)N/N=C\c2ccc(O)c([N+](=O)[O-])c2)cc1. The Hall–Kier alpha value is -3.20. The van der Waals surface area contributed by atoms with Crippen molar-refractivity contribution in [1.29, 1.82) is 0 Å². The molecule has 0 amide bonds. The van der Waals surface area contributed by atoms with E-state index in [1.54, 1.807) is 7.11 Å².